The van der Waals surface area contributed by atoms with Gasteiger partial charge in [-0.15, -0.1) is 11.3 Å². The van der Waals surface area contributed by atoms with Gasteiger partial charge in [-0.25, -0.2) is 4.98 Å². The Kier molecular flexibility index (Phi) is 3.08. The minimum atomic E-state index is -6.47. The van der Waals surface area contributed by atoms with E-state index in [-0.39, 0.29) is 6.07 Å². The Balaban J connectivity index is 2.65. The summed E-state index contributed by atoms with van der Waals surface area (Å²) in [5, 5.41) is 1.24. The molecule has 0 atom stereocenters. The summed E-state index contributed by atoms with van der Waals surface area (Å²) in [6.07, 6.45) is -5.35. The van der Waals surface area contributed by atoms with Gasteiger partial charge in [-0.2, -0.15) is 30.7 Å². The molecule has 0 aromatic carbocycles. The van der Waals surface area contributed by atoms with E-state index < -0.39 is 34.2 Å². The van der Waals surface area contributed by atoms with Gasteiger partial charge in [0.05, 0.1) is 0 Å². The van der Waals surface area contributed by atoms with Crippen molar-refractivity contribution < 1.29 is 30.7 Å². The highest BCUT2D eigenvalue weighted by Gasteiger charge is 2.74. The van der Waals surface area contributed by atoms with Crippen molar-refractivity contribution in [3.05, 3.63) is 33.7 Å². The maximum absolute atomic E-state index is 13.4. The first-order valence-corrected chi connectivity index (χ1v) is 5.66. The molecule has 0 N–H and O–H groups in total. The Hall–Kier alpha value is -1.65. The number of alkyl halides is 7. The Bertz CT molecular complexity index is 702. The van der Waals surface area contributed by atoms with E-state index in [0.29, 0.717) is 11.3 Å². The van der Waals surface area contributed by atoms with Crippen LogP contribution in [0.3, 0.4) is 0 Å². The van der Waals surface area contributed by atoms with E-state index in [0.717, 1.165) is 10.6 Å². The first kappa shape index (κ1) is 14.8. The zero-order valence-electron chi connectivity index (χ0n) is 9.09. The quantitative estimate of drug-likeness (QED) is 0.797. The fourth-order valence-corrected chi connectivity index (χ4v) is 2.06. The predicted molar refractivity (Wildman–Crippen MR) is 54.2 cm³/mol. The van der Waals surface area contributed by atoms with Crippen molar-refractivity contribution in [1.29, 1.82) is 0 Å². The van der Waals surface area contributed by atoms with Crippen LogP contribution in [0.4, 0.5) is 30.7 Å². The van der Waals surface area contributed by atoms with Crippen LogP contribution in [-0.2, 0) is 5.92 Å². The van der Waals surface area contributed by atoms with Gasteiger partial charge >= 0.3 is 18.0 Å². The molecule has 0 bridgehead atoms. The number of hydrogen-bond acceptors (Lipinski definition) is 3. The SMILES string of the molecule is O=c1cc(C(F)(F)C(F)(F)C(F)(F)F)nc2sccn12. The van der Waals surface area contributed by atoms with Crippen molar-refractivity contribution in [3.8, 4) is 0 Å². The minimum Gasteiger partial charge on any atom is -0.269 e. The topological polar surface area (TPSA) is 34.4 Å². The summed E-state index contributed by atoms with van der Waals surface area (Å²) in [5.41, 5.74) is -3.10. The lowest BCUT2D eigenvalue weighted by Gasteiger charge is -2.27. The van der Waals surface area contributed by atoms with E-state index >= 15 is 0 Å². The Morgan fingerprint density at radius 3 is 2.25 bits per heavy atom. The van der Waals surface area contributed by atoms with Crippen LogP contribution in [0, 0.1) is 0 Å². The van der Waals surface area contributed by atoms with Crippen LogP contribution in [0.2, 0.25) is 0 Å². The number of nitrogens with zero attached hydrogens (tertiary/aromatic N) is 2. The fourth-order valence-electron chi connectivity index (χ4n) is 1.34. The van der Waals surface area contributed by atoms with Crippen molar-refractivity contribution in [2.75, 3.05) is 0 Å². The van der Waals surface area contributed by atoms with Gasteiger partial charge in [0.1, 0.15) is 5.69 Å². The van der Waals surface area contributed by atoms with E-state index in [1.54, 1.807) is 0 Å². The van der Waals surface area contributed by atoms with Crippen LogP contribution in [0.15, 0.2) is 22.4 Å². The summed E-state index contributed by atoms with van der Waals surface area (Å²) in [7, 11) is 0. The third kappa shape index (κ3) is 1.96. The third-order valence-electron chi connectivity index (χ3n) is 2.38. The van der Waals surface area contributed by atoms with E-state index in [1.807, 2.05) is 0 Å². The van der Waals surface area contributed by atoms with Gasteiger partial charge in [0.2, 0.25) is 0 Å². The number of rotatable bonds is 2. The smallest absolute Gasteiger partial charge is 0.269 e. The second kappa shape index (κ2) is 4.17. The van der Waals surface area contributed by atoms with Crippen LogP contribution in [0.1, 0.15) is 5.69 Å². The number of aromatic nitrogens is 2. The number of fused-ring (bicyclic) bond motifs is 1. The Labute approximate surface area is 109 Å². The lowest BCUT2D eigenvalue weighted by atomic mass is 10.1. The number of halogens is 7. The average molecular weight is 320 g/mol. The maximum atomic E-state index is 13.4. The molecule has 0 unspecified atom stereocenters. The zero-order valence-corrected chi connectivity index (χ0v) is 9.91. The number of thiazole rings is 1. The second-order valence-corrected chi connectivity index (χ2v) is 4.55. The molecule has 11 heteroatoms. The average Bonchev–Trinajstić information content (AvgIpc) is 2.75. The first-order chi connectivity index (χ1) is 8.98. The molecular weight excluding hydrogens is 317 g/mol. The molecule has 2 heterocycles. The summed E-state index contributed by atoms with van der Waals surface area (Å²) in [5.74, 6) is -12.0. The van der Waals surface area contributed by atoms with Crippen LogP contribution in [0.25, 0.3) is 4.96 Å². The minimum absolute atomic E-state index is 0.0423. The maximum Gasteiger partial charge on any atom is 0.460 e. The zero-order chi connectivity index (χ0) is 15.3. The van der Waals surface area contributed by atoms with Gasteiger partial charge in [0.25, 0.3) is 5.56 Å². The fraction of sp³-hybridized carbons (Fsp3) is 0.333. The molecule has 0 saturated carbocycles. The molecule has 20 heavy (non-hydrogen) atoms. The third-order valence-corrected chi connectivity index (χ3v) is 3.13. The highest BCUT2D eigenvalue weighted by atomic mass is 32.1. The summed E-state index contributed by atoms with van der Waals surface area (Å²) in [4.78, 5) is 13.9. The molecule has 0 fully saturated rings. The van der Waals surface area contributed by atoms with Crippen molar-refractivity contribution >= 4 is 16.3 Å². The van der Waals surface area contributed by atoms with E-state index in [1.165, 1.54) is 5.38 Å². The Morgan fingerprint density at radius 2 is 1.70 bits per heavy atom. The molecule has 2 aromatic heterocycles. The molecular formula is C9H3F7N2OS. The first-order valence-electron chi connectivity index (χ1n) is 4.78. The molecule has 0 aliphatic rings. The Morgan fingerprint density at radius 1 is 1.10 bits per heavy atom. The lowest BCUT2D eigenvalue weighted by Crippen LogP contribution is -2.50. The standard InChI is InChI=1S/C9H3F7N2OS/c10-7(11,8(12,13)9(14,15)16)4-3-5(19)18-1-2-20-6(18)17-4/h1-3H. The van der Waals surface area contributed by atoms with Crippen LogP contribution < -0.4 is 5.56 Å². The number of hydrogen-bond donors (Lipinski definition) is 0. The molecule has 0 spiro atoms. The van der Waals surface area contributed by atoms with E-state index in [2.05, 4.69) is 4.98 Å². The summed E-state index contributed by atoms with van der Waals surface area (Å²) in [6.45, 7) is 0. The second-order valence-electron chi connectivity index (χ2n) is 3.68. The highest BCUT2D eigenvalue weighted by Crippen LogP contribution is 2.51. The normalized spacial score (nSPS) is 13.9. The molecule has 0 aliphatic heterocycles. The van der Waals surface area contributed by atoms with Crippen molar-refractivity contribution in [2.24, 2.45) is 0 Å². The molecule has 2 aromatic rings. The van der Waals surface area contributed by atoms with Crippen molar-refractivity contribution in [1.82, 2.24) is 9.38 Å². The van der Waals surface area contributed by atoms with Crippen molar-refractivity contribution in [2.45, 2.75) is 18.0 Å². The molecule has 110 valence electrons. The molecule has 2 rings (SSSR count). The van der Waals surface area contributed by atoms with Crippen LogP contribution in [0.5, 0.6) is 0 Å². The van der Waals surface area contributed by atoms with Gasteiger partial charge < -0.3 is 0 Å². The van der Waals surface area contributed by atoms with Gasteiger partial charge in [-0.05, 0) is 0 Å². The molecule has 3 nitrogen and oxygen atoms in total. The predicted octanol–water partition coefficient (Wildman–Crippen LogP) is 3.05. The summed E-state index contributed by atoms with van der Waals surface area (Å²) < 4.78 is 89.2. The summed E-state index contributed by atoms with van der Waals surface area (Å²) >= 11 is 0.642. The van der Waals surface area contributed by atoms with Gasteiger partial charge in [0.15, 0.2) is 4.96 Å². The van der Waals surface area contributed by atoms with Crippen LogP contribution in [-0.4, -0.2) is 21.5 Å². The van der Waals surface area contributed by atoms with Crippen LogP contribution >= 0.6 is 11.3 Å². The van der Waals surface area contributed by atoms with Gasteiger partial charge in [-0.1, -0.05) is 0 Å². The van der Waals surface area contributed by atoms with Crippen molar-refractivity contribution in [3.63, 3.8) is 0 Å². The molecule has 0 aliphatic carbocycles. The largest absolute Gasteiger partial charge is 0.460 e. The molecule has 0 amide bonds. The highest BCUT2D eigenvalue weighted by molar-refractivity contribution is 7.15. The molecule has 0 saturated heterocycles. The van der Waals surface area contributed by atoms with Gasteiger partial charge in [-0.3, -0.25) is 9.20 Å². The molecule has 0 radical (unpaired) electrons. The summed E-state index contributed by atoms with van der Waals surface area (Å²) in [6, 6.07) is -0.0423. The van der Waals surface area contributed by atoms with Gasteiger partial charge in [0, 0.05) is 17.6 Å². The monoisotopic (exact) mass is 320 g/mol. The van der Waals surface area contributed by atoms with E-state index in [4.69, 9.17) is 0 Å². The lowest BCUT2D eigenvalue weighted by molar-refractivity contribution is -0.360. The van der Waals surface area contributed by atoms with E-state index in [9.17, 15) is 35.5 Å².